The molecule has 2 nitrogen and oxygen atoms in total. The van der Waals surface area contributed by atoms with Crippen molar-refractivity contribution in [3.8, 4) is 5.75 Å². The van der Waals surface area contributed by atoms with Gasteiger partial charge in [0, 0.05) is 6.04 Å². The van der Waals surface area contributed by atoms with Crippen LogP contribution in [0.3, 0.4) is 0 Å². The fourth-order valence-corrected chi connectivity index (χ4v) is 2.00. The summed E-state index contributed by atoms with van der Waals surface area (Å²) in [6.45, 7) is 6.40. The van der Waals surface area contributed by atoms with Gasteiger partial charge in [0.05, 0.1) is 0 Å². The lowest BCUT2D eigenvalue weighted by Crippen LogP contribution is -2.32. The maximum absolute atomic E-state index is 12.2. The van der Waals surface area contributed by atoms with E-state index in [0.29, 0.717) is 0 Å². The number of benzene rings is 1. The van der Waals surface area contributed by atoms with Crippen molar-refractivity contribution in [1.29, 1.82) is 0 Å². The van der Waals surface area contributed by atoms with Crippen LogP contribution in [0.1, 0.15) is 39.3 Å². The molecule has 1 N–H and O–H groups in total. The molecule has 0 aliphatic rings. The van der Waals surface area contributed by atoms with E-state index < -0.39 is 6.61 Å². The fourth-order valence-electron chi connectivity index (χ4n) is 2.00. The zero-order chi connectivity index (χ0) is 13.8. The third-order valence-corrected chi connectivity index (χ3v) is 2.69. The van der Waals surface area contributed by atoms with Gasteiger partial charge in [-0.2, -0.15) is 8.78 Å². The Balaban J connectivity index is 2.98. The summed E-state index contributed by atoms with van der Waals surface area (Å²) in [6.07, 6.45) is 0. The molecule has 0 saturated carbocycles. The van der Waals surface area contributed by atoms with E-state index in [9.17, 15) is 8.78 Å². The summed E-state index contributed by atoms with van der Waals surface area (Å²) in [7, 11) is 0. The molecule has 1 rings (SSSR count). The van der Waals surface area contributed by atoms with Crippen LogP contribution in [0.2, 0.25) is 0 Å². The first kappa shape index (κ1) is 14.9. The molecule has 0 aliphatic carbocycles. The molecule has 0 heterocycles. The van der Waals surface area contributed by atoms with E-state index in [1.54, 1.807) is 18.2 Å². The summed E-state index contributed by atoms with van der Waals surface area (Å²) < 4.78 is 28.8. The summed E-state index contributed by atoms with van der Waals surface area (Å²) in [5, 5.41) is 3.38. The van der Waals surface area contributed by atoms with Gasteiger partial charge in [-0.1, -0.05) is 39.8 Å². The highest BCUT2D eigenvalue weighted by Gasteiger charge is 2.25. The quantitative estimate of drug-likeness (QED) is 0.861. The Morgan fingerprint density at radius 1 is 1.28 bits per heavy atom. The van der Waals surface area contributed by atoms with E-state index >= 15 is 0 Å². The molecular formula is C14H21F2NO. The second-order valence-corrected chi connectivity index (χ2v) is 5.31. The highest BCUT2D eigenvalue weighted by atomic mass is 19.3. The van der Waals surface area contributed by atoms with E-state index in [-0.39, 0.29) is 17.2 Å². The van der Waals surface area contributed by atoms with Crippen LogP contribution < -0.4 is 10.1 Å². The lowest BCUT2D eigenvalue weighted by Gasteiger charge is -2.32. The van der Waals surface area contributed by atoms with Crippen LogP contribution in [-0.2, 0) is 0 Å². The first-order valence-electron chi connectivity index (χ1n) is 6.12. The molecule has 1 unspecified atom stereocenters. The number of hydrogen-bond acceptors (Lipinski definition) is 2. The minimum Gasteiger partial charge on any atom is -0.435 e. The van der Waals surface area contributed by atoms with Gasteiger partial charge in [0.2, 0.25) is 0 Å². The van der Waals surface area contributed by atoms with Crippen molar-refractivity contribution >= 4 is 0 Å². The van der Waals surface area contributed by atoms with Gasteiger partial charge in [-0.15, -0.1) is 0 Å². The molecule has 1 aromatic rings. The monoisotopic (exact) mass is 257 g/mol. The number of rotatable bonds is 5. The highest BCUT2D eigenvalue weighted by molar-refractivity contribution is 5.31. The molecule has 18 heavy (non-hydrogen) atoms. The van der Waals surface area contributed by atoms with E-state index in [2.05, 4.69) is 30.8 Å². The summed E-state index contributed by atoms with van der Waals surface area (Å²) >= 11 is 0. The Labute approximate surface area is 107 Å². The average Bonchev–Trinajstić information content (AvgIpc) is 2.23. The highest BCUT2D eigenvalue weighted by Crippen LogP contribution is 2.34. The van der Waals surface area contributed by atoms with Crippen molar-refractivity contribution in [1.82, 2.24) is 5.32 Å². The molecular weight excluding hydrogens is 236 g/mol. The first-order chi connectivity index (χ1) is 8.34. The largest absolute Gasteiger partial charge is 0.435 e. The molecule has 102 valence electrons. The van der Waals surface area contributed by atoms with Crippen LogP contribution in [-0.4, -0.2) is 13.2 Å². The van der Waals surface area contributed by atoms with Crippen molar-refractivity contribution in [2.24, 2.45) is 5.41 Å². The van der Waals surface area contributed by atoms with E-state index in [0.717, 1.165) is 12.1 Å². The minimum atomic E-state index is -2.78. The summed E-state index contributed by atoms with van der Waals surface area (Å²) in [5.74, 6) is 0.203. The zero-order valence-electron chi connectivity index (χ0n) is 11.3. The molecule has 0 fully saturated rings. The van der Waals surface area contributed by atoms with Crippen LogP contribution in [0.5, 0.6) is 5.75 Å². The smallest absolute Gasteiger partial charge is 0.387 e. The number of halogens is 2. The van der Waals surface area contributed by atoms with Crippen LogP contribution >= 0.6 is 0 Å². The SMILES string of the molecule is CCNC(c1cccc(OC(F)F)c1)C(C)(C)C. The summed E-state index contributed by atoms with van der Waals surface area (Å²) in [4.78, 5) is 0. The Kier molecular flexibility index (Phi) is 5.08. The summed E-state index contributed by atoms with van der Waals surface area (Å²) in [5.41, 5.74) is 0.960. The van der Waals surface area contributed by atoms with E-state index in [1.165, 1.54) is 0 Å². The van der Waals surface area contributed by atoms with Gasteiger partial charge in [-0.25, -0.2) is 0 Å². The van der Waals surface area contributed by atoms with Crippen LogP contribution in [0.15, 0.2) is 24.3 Å². The van der Waals surface area contributed by atoms with Crippen LogP contribution in [0, 0.1) is 5.41 Å². The molecule has 1 atom stereocenters. The lowest BCUT2D eigenvalue weighted by molar-refractivity contribution is -0.0499. The molecule has 4 heteroatoms. The van der Waals surface area contributed by atoms with E-state index in [1.807, 2.05) is 13.0 Å². The minimum absolute atomic E-state index is 0.000532. The van der Waals surface area contributed by atoms with Gasteiger partial charge in [0.25, 0.3) is 0 Å². The van der Waals surface area contributed by atoms with Crippen molar-refractivity contribution in [2.75, 3.05) is 6.54 Å². The number of nitrogens with one attached hydrogen (secondary N) is 1. The Hall–Kier alpha value is -1.16. The second kappa shape index (κ2) is 6.14. The molecule has 0 aromatic heterocycles. The molecule has 0 spiro atoms. The molecule has 0 bridgehead atoms. The van der Waals surface area contributed by atoms with Crippen molar-refractivity contribution in [3.63, 3.8) is 0 Å². The van der Waals surface area contributed by atoms with Crippen molar-refractivity contribution in [3.05, 3.63) is 29.8 Å². The molecule has 0 amide bonds. The first-order valence-corrected chi connectivity index (χ1v) is 6.12. The van der Waals surface area contributed by atoms with Gasteiger partial charge >= 0.3 is 6.61 Å². The number of ether oxygens (including phenoxy) is 1. The standard InChI is InChI=1S/C14H21F2NO/c1-5-17-12(14(2,3)4)10-7-6-8-11(9-10)18-13(15)16/h6-9,12-13,17H,5H2,1-4H3. The van der Waals surface area contributed by atoms with Gasteiger partial charge < -0.3 is 10.1 Å². The zero-order valence-corrected chi connectivity index (χ0v) is 11.3. The number of alkyl halides is 2. The van der Waals surface area contributed by atoms with Crippen molar-refractivity contribution in [2.45, 2.75) is 40.3 Å². The topological polar surface area (TPSA) is 21.3 Å². The third kappa shape index (κ3) is 4.26. The predicted molar refractivity (Wildman–Crippen MR) is 68.9 cm³/mol. The van der Waals surface area contributed by atoms with E-state index in [4.69, 9.17) is 0 Å². The van der Waals surface area contributed by atoms with Gasteiger partial charge in [-0.3, -0.25) is 0 Å². The summed E-state index contributed by atoms with van der Waals surface area (Å²) in [6, 6.07) is 6.98. The van der Waals surface area contributed by atoms with Crippen LogP contribution in [0.25, 0.3) is 0 Å². The maximum atomic E-state index is 12.2. The molecule has 0 saturated heterocycles. The number of hydrogen-bond donors (Lipinski definition) is 1. The second-order valence-electron chi connectivity index (χ2n) is 5.31. The average molecular weight is 257 g/mol. The van der Waals surface area contributed by atoms with Gasteiger partial charge in [0.1, 0.15) is 5.75 Å². The molecule has 0 aliphatic heterocycles. The normalized spacial score (nSPS) is 13.7. The Morgan fingerprint density at radius 2 is 1.94 bits per heavy atom. The predicted octanol–water partition coefficient (Wildman–Crippen LogP) is 3.98. The maximum Gasteiger partial charge on any atom is 0.387 e. The van der Waals surface area contributed by atoms with Crippen molar-refractivity contribution < 1.29 is 13.5 Å². The van der Waals surface area contributed by atoms with Crippen LogP contribution in [0.4, 0.5) is 8.78 Å². The molecule has 0 radical (unpaired) electrons. The Bertz CT molecular complexity index is 374. The third-order valence-electron chi connectivity index (χ3n) is 2.69. The Morgan fingerprint density at radius 3 is 2.44 bits per heavy atom. The lowest BCUT2D eigenvalue weighted by atomic mass is 9.82. The fraction of sp³-hybridized carbons (Fsp3) is 0.571. The van der Waals surface area contributed by atoms with Gasteiger partial charge in [0.15, 0.2) is 0 Å². The van der Waals surface area contributed by atoms with Gasteiger partial charge in [-0.05, 0) is 29.7 Å². The molecule has 1 aromatic carbocycles.